The maximum Gasteiger partial charge on any atom is 0.313 e. The van der Waals surface area contributed by atoms with Gasteiger partial charge in [-0.3, -0.25) is 9.59 Å². The molecule has 1 aliphatic heterocycles. The lowest BCUT2D eigenvalue weighted by Gasteiger charge is -2.14. The second kappa shape index (κ2) is 7.12. The van der Waals surface area contributed by atoms with Crippen LogP contribution in [-0.4, -0.2) is 32.7 Å². The lowest BCUT2D eigenvalue weighted by Crippen LogP contribution is -2.35. The van der Waals surface area contributed by atoms with Gasteiger partial charge in [-0.2, -0.15) is 0 Å². The van der Waals surface area contributed by atoms with Crippen LogP contribution in [0.5, 0.6) is 11.5 Å². The number of benzene rings is 2. The first-order valence-corrected chi connectivity index (χ1v) is 7.78. The summed E-state index contributed by atoms with van der Waals surface area (Å²) in [5, 5.41) is 5.18. The third-order valence-electron chi connectivity index (χ3n) is 3.72. The van der Waals surface area contributed by atoms with Crippen LogP contribution in [-0.2, 0) is 16.1 Å². The summed E-state index contributed by atoms with van der Waals surface area (Å²) in [7, 11) is 3.80. The van der Waals surface area contributed by atoms with Crippen LogP contribution in [0.4, 0.5) is 11.4 Å². The smallest absolute Gasteiger partial charge is 0.313 e. The fraction of sp³-hybridized carbons (Fsp3) is 0.222. The number of carbonyl (C=O) groups is 2. The fourth-order valence-corrected chi connectivity index (χ4v) is 2.36. The van der Waals surface area contributed by atoms with Gasteiger partial charge in [-0.1, -0.05) is 12.1 Å². The zero-order valence-electron chi connectivity index (χ0n) is 14.0. The zero-order valence-corrected chi connectivity index (χ0v) is 14.0. The van der Waals surface area contributed by atoms with E-state index in [1.165, 1.54) is 0 Å². The quantitative estimate of drug-likeness (QED) is 0.828. The molecule has 0 saturated heterocycles. The van der Waals surface area contributed by atoms with E-state index < -0.39 is 11.8 Å². The highest BCUT2D eigenvalue weighted by molar-refractivity contribution is 6.39. The predicted molar refractivity (Wildman–Crippen MR) is 93.8 cm³/mol. The molecule has 0 aliphatic carbocycles. The molecule has 0 unspecified atom stereocenters. The van der Waals surface area contributed by atoms with E-state index in [0.29, 0.717) is 17.2 Å². The highest BCUT2D eigenvalue weighted by Crippen LogP contribution is 2.32. The molecule has 0 saturated carbocycles. The standard InChI is InChI=1S/C18H19N3O4/c1-21(2)14-5-3-4-13(9-14)20-18(23)17(22)19-10-12-6-7-15-16(8-12)25-11-24-15/h3-9H,10-11H2,1-2H3,(H,19,22)(H,20,23). The molecular formula is C18H19N3O4. The van der Waals surface area contributed by atoms with Gasteiger partial charge in [0.2, 0.25) is 6.79 Å². The van der Waals surface area contributed by atoms with Gasteiger partial charge in [-0.15, -0.1) is 0 Å². The topological polar surface area (TPSA) is 79.9 Å². The van der Waals surface area contributed by atoms with Crippen molar-refractivity contribution in [3.8, 4) is 11.5 Å². The minimum atomic E-state index is -0.711. The summed E-state index contributed by atoms with van der Waals surface area (Å²) in [6.45, 7) is 0.417. The molecule has 0 atom stereocenters. The Balaban J connectivity index is 1.56. The third kappa shape index (κ3) is 4.00. The molecule has 0 bridgehead atoms. The monoisotopic (exact) mass is 341 g/mol. The summed E-state index contributed by atoms with van der Waals surface area (Å²) in [5.41, 5.74) is 2.31. The molecule has 2 amide bonds. The van der Waals surface area contributed by atoms with Gasteiger partial charge < -0.3 is 25.0 Å². The summed E-state index contributed by atoms with van der Waals surface area (Å²) in [6, 6.07) is 12.6. The van der Waals surface area contributed by atoms with Crippen molar-refractivity contribution in [1.29, 1.82) is 0 Å². The highest BCUT2D eigenvalue weighted by atomic mass is 16.7. The second-order valence-electron chi connectivity index (χ2n) is 5.77. The number of nitrogens with zero attached hydrogens (tertiary/aromatic N) is 1. The van der Waals surface area contributed by atoms with Gasteiger partial charge >= 0.3 is 11.8 Å². The first kappa shape index (κ1) is 16.6. The van der Waals surface area contributed by atoms with Crippen LogP contribution >= 0.6 is 0 Å². The van der Waals surface area contributed by atoms with E-state index in [9.17, 15) is 9.59 Å². The Kier molecular flexibility index (Phi) is 4.74. The van der Waals surface area contributed by atoms with Gasteiger partial charge in [0.1, 0.15) is 0 Å². The maximum absolute atomic E-state index is 12.0. The van der Waals surface area contributed by atoms with E-state index >= 15 is 0 Å². The number of ether oxygens (including phenoxy) is 2. The summed E-state index contributed by atoms with van der Waals surface area (Å²) >= 11 is 0. The Morgan fingerprint density at radius 1 is 1.04 bits per heavy atom. The molecule has 0 spiro atoms. The van der Waals surface area contributed by atoms with Gasteiger partial charge in [0.15, 0.2) is 11.5 Å². The minimum absolute atomic E-state index is 0.194. The van der Waals surface area contributed by atoms with Crippen LogP contribution in [0.3, 0.4) is 0 Å². The van der Waals surface area contributed by atoms with Crippen molar-refractivity contribution in [3.63, 3.8) is 0 Å². The number of hydrogen-bond donors (Lipinski definition) is 2. The largest absolute Gasteiger partial charge is 0.454 e. The van der Waals surface area contributed by atoms with Crippen molar-refractivity contribution in [3.05, 3.63) is 48.0 Å². The van der Waals surface area contributed by atoms with Gasteiger partial charge in [0.05, 0.1) is 0 Å². The third-order valence-corrected chi connectivity index (χ3v) is 3.72. The number of carbonyl (C=O) groups excluding carboxylic acids is 2. The van der Waals surface area contributed by atoms with E-state index in [1.54, 1.807) is 24.3 Å². The summed E-state index contributed by atoms with van der Waals surface area (Å²) in [5.74, 6) is -0.102. The Morgan fingerprint density at radius 3 is 2.64 bits per heavy atom. The average Bonchev–Trinajstić information content (AvgIpc) is 3.07. The van der Waals surface area contributed by atoms with Crippen LogP contribution < -0.4 is 25.0 Å². The van der Waals surface area contributed by atoms with E-state index in [4.69, 9.17) is 9.47 Å². The van der Waals surface area contributed by atoms with E-state index in [1.807, 2.05) is 37.2 Å². The molecule has 7 heteroatoms. The number of amides is 2. The number of hydrogen-bond acceptors (Lipinski definition) is 5. The molecule has 0 radical (unpaired) electrons. The van der Waals surface area contributed by atoms with Crippen molar-refractivity contribution < 1.29 is 19.1 Å². The van der Waals surface area contributed by atoms with Crippen molar-refractivity contribution in [1.82, 2.24) is 5.32 Å². The first-order chi connectivity index (χ1) is 12.0. The molecule has 25 heavy (non-hydrogen) atoms. The van der Waals surface area contributed by atoms with Crippen LogP contribution in [0, 0.1) is 0 Å². The lowest BCUT2D eigenvalue weighted by molar-refractivity contribution is -0.136. The Hall–Kier alpha value is -3.22. The average molecular weight is 341 g/mol. The molecule has 0 aromatic heterocycles. The number of nitrogens with one attached hydrogen (secondary N) is 2. The van der Waals surface area contributed by atoms with Gasteiger partial charge in [0.25, 0.3) is 0 Å². The maximum atomic E-state index is 12.0. The van der Waals surface area contributed by atoms with Crippen molar-refractivity contribution in [2.75, 3.05) is 31.1 Å². The van der Waals surface area contributed by atoms with Crippen molar-refractivity contribution in [2.24, 2.45) is 0 Å². The molecule has 2 aromatic rings. The molecule has 2 N–H and O–H groups in total. The van der Waals surface area contributed by atoms with Crippen molar-refractivity contribution in [2.45, 2.75) is 6.54 Å². The summed E-state index contributed by atoms with van der Waals surface area (Å²) in [6.07, 6.45) is 0. The summed E-state index contributed by atoms with van der Waals surface area (Å²) in [4.78, 5) is 25.9. The normalized spacial score (nSPS) is 11.8. The van der Waals surface area contributed by atoms with E-state index in [2.05, 4.69) is 10.6 Å². The molecule has 2 aromatic carbocycles. The Morgan fingerprint density at radius 2 is 1.84 bits per heavy atom. The number of rotatable bonds is 4. The predicted octanol–water partition coefficient (Wildman–Crippen LogP) is 1.74. The first-order valence-electron chi connectivity index (χ1n) is 7.78. The van der Waals surface area contributed by atoms with Crippen LogP contribution in [0.1, 0.15) is 5.56 Å². The van der Waals surface area contributed by atoms with E-state index in [0.717, 1.165) is 11.3 Å². The SMILES string of the molecule is CN(C)c1cccc(NC(=O)C(=O)NCc2ccc3c(c2)OCO3)c1. The number of anilines is 2. The Labute approximate surface area is 145 Å². The van der Waals surface area contributed by atoms with Gasteiger partial charge in [-0.05, 0) is 35.9 Å². The molecular weight excluding hydrogens is 322 g/mol. The van der Waals surface area contributed by atoms with Crippen molar-refractivity contribution >= 4 is 23.2 Å². The molecule has 0 fully saturated rings. The molecule has 1 aliphatic rings. The minimum Gasteiger partial charge on any atom is -0.454 e. The second-order valence-corrected chi connectivity index (χ2v) is 5.77. The van der Waals surface area contributed by atoms with Crippen LogP contribution in [0.25, 0.3) is 0 Å². The lowest BCUT2D eigenvalue weighted by atomic mass is 10.2. The molecule has 130 valence electrons. The summed E-state index contributed by atoms with van der Waals surface area (Å²) < 4.78 is 10.5. The molecule has 1 heterocycles. The van der Waals surface area contributed by atoms with E-state index in [-0.39, 0.29) is 13.3 Å². The van der Waals surface area contributed by atoms with Crippen LogP contribution in [0.15, 0.2) is 42.5 Å². The van der Waals surface area contributed by atoms with Crippen LogP contribution in [0.2, 0.25) is 0 Å². The number of fused-ring (bicyclic) bond motifs is 1. The van der Waals surface area contributed by atoms with Gasteiger partial charge in [-0.25, -0.2) is 0 Å². The zero-order chi connectivity index (χ0) is 17.8. The highest BCUT2D eigenvalue weighted by Gasteiger charge is 2.16. The Bertz CT molecular complexity index is 805. The molecule has 7 nitrogen and oxygen atoms in total. The van der Waals surface area contributed by atoms with Gasteiger partial charge in [0, 0.05) is 32.0 Å². The fourth-order valence-electron chi connectivity index (χ4n) is 2.36. The molecule has 3 rings (SSSR count).